The standard InChI is InChI=1S/C15H21ClN2O/c1-2-18-9-5-7-13(18)11-17-15(19)10-12-6-3-4-8-14(12)16/h3-4,6,8,13H,2,5,7,9-11H2,1H3,(H,17,19). The summed E-state index contributed by atoms with van der Waals surface area (Å²) in [5.74, 6) is 0.0519. The molecule has 1 N–H and O–H groups in total. The zero-order chi connectivity index (χ0) is 13.7. The first-order valence-electron chi connectivity index (χ1n) is 6.95. The van der Waals surface area contributed by atoms with Crippen LogP contribution >= 0.6 is 11.6 Å². The monoisotopic (exact) mass is 280 g/mol. The fourth-order valence-corrected chi connectivity index (χ4v) is 2.85. The van der Waals surface area contributed by atoms with Crippen molar-refractivity contribution in [3.63, 3.8) is 0 Å². The quantitative estimate of drug-likeness (QED) is 0.899. The molecule has 4 heteroatoms. The van der Waals surface area contributed by atoms with Crippen LogP contribution in [0.3, 0.4) is 0 Å². The van der Waals surface area contributed by atoms with Gasteiger partial charge in [0.05, 0.1) is 6.42 Å². The lowest BCUT2D eigenvalue weighted by atomic mass is 10.1. The number of benzene rings is 1. The molecule has 0 bridgehead atoms. The van der Waals surface area contributed by atoms with Gasteiger partial charge in [0.1, 0.15) is 0 Å². The Labute approximate surface area is 119 Å². The summed E-state index contributed by atoms with van der Waals surface area (Å²) in [6.07, 6.45) is 2.78. The highest BCUT2D eigenvalue weighted by atomic mass is 35.5. The van der Waals surface area contributed by atoms with E-state index in [0.29, 0.717) is 17.5 Å². The van der Waals surface area contributed by atoms with Crippen LogP contribution in [-0.4, -0.2) is 36.5 Å². The number of carbonyl (C=O) groups excluding carboxylic acids is 1. The molecule has 0 aromatic heterocycles. The van der Waals surface area contributed by atoms with Crippen molar-refractivity contribution in [1.29, 1.82) is 0 Å². The maximum absolute atomic E-state index is 11.9. The van der Waals surface area contributed by atoms with E-state index in [1.54, 1.807) is 0 Å². The summed E-state index contributed by atoms with van der Waals surface area (Å²) in [7, 11) is 0. The van der Waals surface area contributed by atoms with Gasteiger partial charge in [0.15, 0.2) is 0 Å². The number of hydrogen-bond acceptors (Lipinski definition) is 2. The molecule has 2 rings (SSSR count). The topological polar surface area (TPSA) is 32.3 Å². The van der Waals surface area contributed by atoms with Gasteiger partial charge in [-0.15, -0.1) is 0 Å². The highest BCUT2D eigenvalue weighted by Crippen LogP contribution is 2.17. The van der Waals surface area contributed by atoms with Gasteiger partial charge in [-0.25, -0.2) is 0 Å². The van der Waals surface area contributed by atoms with Crippen molar-refractivity contribution in [1.82, 2.24) is 10.2 Å². The number of nitrogens with one attached hydrogen (secondary N) is 1. The molecule has 0 saturated carbocycles. The smallest absolute Gasteiger partial charge is 0.224 e. The molecule has 1 aromatic rings. The van der Waals surface area contributed by atoms with Crippen LogP contribution in [0, 0.1) is 0 Å². The van der Waals surface area contributed by atoms with Crippen LogP contribution in [0.25, 0.3) is 0 Å². The number of halogens is 1. The summed E-state index contributed by atoms with van der Waals surface area (Å²) in [5, 5.41) is 3.69. The van der Waals surface area contributed by atoms with E-state index in [2.05, 4.69) is 17.1 Å². The van der Waals surface area contributed by atoms with Crippen LogP contribution in [0.15, 0.2) is 24.3 Å². The summed E-state index contributed by atoms with van der Waals surface area (Å²) >= 11 is 6.05. The first-order valence-corrected chi connectivity index (χ1v) is 7.32. The van der Waals surface area contributed by atoms with Crippen LogP contribution in [0.2, 0.25) is 5.02 Å². The van der Waals surface area contributed by atoms with E-state index in [1.165, 1.54) is 12.8 Å². The van der Waals surface area contributed by atoms with Crippen molar-refractivity contribution >= 4 is 17.5 Å². The molecule has 1 unspecified atom stereocenters. The molecule has 1 aliphatic heterocycles. The van der Waals surface area contributed by atoms with Crippen molar-refractivity contribution in [2.24, 2.45) is 0 Å². The summed E-state index contributed by atoms with van der Waals surface area (Å²) in [5.41, 5.74) is 0.889. The van der Waals surface area contributed by atoms with Crippen LogP contribution < -0.4 is 5.32 Å². The van der Waals surface area contributed by atoms with Crippen molar-refractivity contribution in [2.75, 3.05) is 19.6 Å². The molecule has 3 nitrogen and oxygen atoms in total. The Kier molecular flexibility index (Phi) is 5.23. The molecule has 1 fully saturated rings. The van der Waals surface area contributed by atoms with E-state index in [0.717, 1.165) is 25.2 Å². The number of likely N-dealkylation sites (N-methyl/N-ethyl adjacent to an activating group) is 1. The number of likely N-dealkylation sites (tertiary alicyclic amines) is 1. The maximum Gasteiger partial charge on any atom is 0.224 e. The molecule has 0 radical (unpaired) electrons. The Morgan fingerprint density at radius 2 is 2.26 bits per heavy atom. The number of hydrogen-bond donors (Lipinski definition) is 1. The Morgan fingerprint density at radius 1 is 1.47 bits per heavy atom. The highest BCUT2D eigenvalue weighted by molar-refractivity contribution is 6.31. The molecule has 1 atom stereocenters. The van der Waals surface area contributed by atoms with Gasteiger partial charge in [0.2, 0.25) is 5.91 Å². The third kappa shape index (κ3) is 3.95. The molecule has 1 heterocycles. The van der Waals surface area contributed by atoms with Crippen molar-refractivity contribution < 1.29 is 4.79 Å². The number of amides is 1. The molecule has 0 aliphatic carbocycles. The Morgan fingerprint density at radius 3 is 3.00 bits per heavy atom. The molecule has 0 spiro atoms. The average Bonchev–Trinajstić information content (AvgIpc) is 2.86. The lowest BCUT2D eigenvalue weighted by Crippen LogP contribution is -2.40. The lowest BCUT2D eigenvalue weighted by molar-refractivity contribution is -0.120. The highest BCUT2D eigenvalue weighted by Gasteiger charge is 2.23. The van der Waals surface area contributed by atoms with E-state index < -0.39 is 0 Å². The van der Waals surface area contributed by atoms with Crippen molar-refractivity contribution in [2.45, 2.75) is 32.2 Å². The zero-order valence-corrected chi connectivity index (χ0v) is 12.1. The van der Waals surface area contributed by atoms with Gasteiger partial charge in [0.25, 0.3) is 0 Å². The van der Waals surface area contributed by atoms with Gasteiger partial charge in [0, 0.05) is 17.6 Å². The predicted octanol–water partition coefficient (Wildman–Crippen LogP) is 2.48. The molecule has 1 aliphatic rings. The van der Waals surface area contributed by atoms with Crippen molar-refractivity contribution in [3.8, 4) is 0 Å². The molecule has 1 saturated heterocycles. The first-order chi connectivity index (χ1) is 9.20. The van der Waals surface area contributed by atoms with Gasteiger partial charge in [-0.2, -0.15) is 0 Å². The second kappa shape index (κ2) is 6.92. The summed E-state index contributed by atoms with van der Waals surface area (Å²) < 4.78 is 0. The number of carbonyl (C=O) groups is 1. The van der Waals surface area contributed by atoms with Gasteiger partial charge >= 0.3 is 0 Å². The zero-order valence-electron chi connectivity index (χ0n) is 11.4. The summed E-state index contributed by atoms with van der Waals surface area (Å²) in [6.45, 7) is 5.13. The molecule has 1 aromatic carbocycles. The third-order valence-electron chi connectivity index (χ3n) is 3.75. The maximum atomic E-state index is 11.9. The predicted molar refractivity (Wildman–Crippen MR) is 78.4 cm³/mol. The molecular weight excluding hydrogens is 260 g/mol. The fourth-order valence-electron chi connectivity index (χ4n) is 2.65. The Bertz CT molecular complexity index is 436. The van der Waals surface area contributed by atoms with Gasteiger partial charge in [-0.3, -0.25) is 9.69 Å². The summed E-state index contributed by atoms with van der Waals surface area (Å²) in [6, 6.07) is 8.00. The van der Waals surface area contributed by atoms with E-state index in [4.69, 9.17) is 11.6 Å². The normalized spacial score (nSPS) is 19.6. The van der Waals surface area contributed by atoms with Crippen LogP contribution in [0.1, 0.15) is 25.3 Å². The van der Waals surface area contributed by atoms with Crippen LogP contribution in [0.4, 0.5) is 0 Å². The van der Waals surface area contributed by atoms with E-state index >= 15 is 0 Å². The Balaban J connectivity index is 1.80. The van der Waals surface area contributed by atoms with Crippen molar-refractivity contribution in [3.05, 3.63) is 34.9 Å². The molecule has 19 heavy (non-hydrogen) atoms. The third-order valence-corrected chi connectivity index (χ3v) is 4.12. The SMILES string of the molecule is CCN1CCCC1CNC(=O)Cc1ccccc1Cl. The number of nitrogens with zero attached hydrogens (tertiary/aromatic N) is 1. The second-order valence-corrected chi connectivity index (χ2v) is 5.40. The molecule has 1 amide bonds. The molecular formula is C15H21ClN2O. The fraction of sp³-hybridized carbons (Fsp3) is 0.533. The first kappa shape index (κ1) is 14.4. The average molecular weight is 281 g/mol. The van der Waals surface area contributed by atoms with E-state index in [1.807, 2.05) is 24.3 Å². The Hall–Kier alpha value is -1.06. The largest absolute Gasteiger partial charge is 0.354 e. The minimum absolute atomic E-state index is 0.0519. The van der Waals surface area contributed by atoms with E-state index in [-0.39, 0.29) is 5.91 Å². The van der Waals surface area contributed by atoms with Crippen LogP contribution in [-0.2, 0) is 11.2 Å². The minimum Gasteiger partial charge on any atom is -0.354 e. The van der Waals surface area contributed by atoms with Gasteiger partial charge in [-0.1, -0.05) is 36.7 Å². The lowest BCUT2D eigenvalue weighted by Gasteiger charge is -2.22. The second-order valence-electron chi connectivity index (χ2n) is 5.00. The van der Waals surface area contributed by atoms with Gasteiger partial charge < -0.3 is 5.32 Å². The van der Waals surface area contributed by atoms with Gasteiger partial charge in [-0.05, 0) is 37.6 Å². The van der Waals surface area contributed by atoms with Crippen LogP contribution in [0.5, 0.6) is 0 Å². The van der Waals surface area contributed by atoms with E-state index in [9.17, 15) is 4.79 Å². The molecule has 104 valence electrons. The minimum atomic E-state index is 0.0519. The summed E-state index contributed by atoms with van der Waals surface area (Å²) in [4.78, 5) is 14.4. The number of rotatable bonds is 5.